The van der Waals surface area contributed by atoms with Crippen LogP contribution in [-0.4, -0.2) is 36.3 Å². The number of carbonyl (C=O) groups is 1. The monoisotopic (exact) mass is 422 g/mol. The highest BCUT2D eigenvalue weighted by Gasteiger charge is 2.15. The molecule has 0 spiro atoms. The molecule has 0 aliphatic heterocycles. The summed E-state index contributed by atoms with van der Waals surface area (Å²) in [6.45, 7) is 2.91. The smallest absolute Gasteiger partial charge is 0.271 e. The molecule has 0 aliphatic rings. The number of amides is 1. The number of thioether (sulfide) groups is 1. The van der Waals surface area contributed by atoms with Crippen molar-refractivity contribution in [2.45, 2.75) is 25.0 Å². The highest BCUT2D eigenvalue weighted by molar-refractivity contribution is 7.99. The quantitative estimate of drug-likeness (QED) is 0.271. The fourth-order valence-electron chi connectivity index (χ4n) is 3.22. The van der Waals surface area contributed by atoms with Crippen LogP contribution in [0, 0.1) is 10.1 Å². The number of nitrogens with zero attached hydrogens (tertiary/aromatic N) is 5. The van der Waals surface area contributed by atoms with Crippen molar-refractivity contribution in [1.29, 1.82) is 0 Å². The summed E-state index contributed by atoms with van der Waals surface area (Å²) in [6, 6.07) is 13.8. The Labute approximate surface area is 175 Å². The van der Waals surface area contributed by atoms with Crippen LogP contribution in [0.5, 0.6) is 0 Å². The van der Waals surface area contributed by atoms with Crippen molar-refractivity contribution < 1.29 is 9.72 Å². The third-order valence-electron chi connectivity index (χ3n) is 4.47. The second-order valence-corrected chi connectivity index (χ2v) is 7.52. The number of fused-ring (bicyclic) bond motifs is 3. The van der Waals surface area contributed by atoms with E-state index in [9.17, 15) is 14.9 Å². The van der Waals surface area contributed by atoms with E-state index in [1.54, 1.807) is 6.07 Å². The normalized spacial score (nSPS) is 11.1. The maximum Gasteiger partial charge on any atom is 0.271 e. The van der Waals surface area contributed by atoms with E-state index < -0.39 is 4.92 Å². The average molecular weight is 422 g/mol. The lowest BCUT2D eigenvalue weighted by atomic mass is 10.2. The lowest BCUT2D eigenvalue weighted by Crippen LogP contribution is -2.14. The first-order valence-corrected chi connectivity index (χ1v) is 10.3. The highest BCUT2D eigenvalue weighted by Crippen LogP contribution is 2.27. The van der Waals surface area contributed by atoms with Crippen LogP contribution in [0.3, 0.4) is 0 Å². The SMILES string of the molecule is CCCn1c2ccccc2c2nnc(SCC(=O)Nc3cccc([N+](=O)[O-])c3)nc21. The van der Waals surface area contributed by atoms with Gasteiger partial charge >= 0.3 is 0 Å². The number of nitrogens with one attached hydrogen (secondary N) is 1. The molecule has 30 heavy (non-hydrogen) atoms. The number of benzene rings is 2. The Morgan fingerprint density at radius 2 is 2.03 bits per heavy atom. The number of non-ortho nitro benzene ring substituents is 1. The molecule has 0 bridgehead atoms. The molecule has 0 unspecified atom stereocenters. The van der Waals surface area contributed by atoms with Crippen LogP contribution in [0.4, 0.5) is 11.4 Å². The van der Waals surface area contributed by atoms with Gasteiger partial charge in [0, 0.05) is 29.8 Å². The fourth-order valence-corrected chi connectivity index (χ4v) is 3.81. The third-order valence-corrected chi connectivity index (χ3v) is 5.31. The Hall–Kier alpha value is -3.53. The summed E-state index contributed by atoms with van der Waals surface area (Å²) in [5.74, 6) is -0.248. The Balaban J connectivity index is 1.52. The van der Waals surface area contributed by atoms with Crippen LogP contribution in [-0.2, 0) is 11.3 Å². The van der Waals surface area contributed by atoms with Crippen molar-refractivity contribution >= 4 is 51.1 Å². The number of anilines is 1. The Bertz CT molecular complexity index is 1260. The van der Waals surface area contributed by atoms with Crippen LogP contribution in [0.15, 0.2) is 53.7 Å². The molecule has 0 atom stereocenters. The van der Waals surface area contributed by atoms with Gasteiger partial charge in [0.05, 0.1) is 16.2 Å². The number of aryl methyl sites for hydroxylation is 1. The van der Waals surface area contributed by atoms with Gasteiger partial charge < -0.3 is 9.88 Å². The average Bonchev–Trinajstić information content (AvgIpc) is 3.06. The summed E-state index contributed by atoms with van der Waals surface area (Å²) in [7, 11) is 0. The standard InChI is InChI=1S/C20H18N6O3S/c1-2-10-25-16-9-4-3-8-15(16)18-19(25)22-20(24-23-18)30-12-17(27)21-13-6-5-7-14(11-13)26(28)29/h3-9,11H,2,10,12H2,1H3,(H,21,27). The molecule has 0 radical (unpaired) electrons. The van der Waals surface area contributed by atoms with Gasteiger partial charge in [-0.2, -0.15) is 0 Å². The van der Waals surface area contributed by atoms with E-state index in [0.29, 0.717) is 10.8 Å². The van der Waals surface area contributed by atoms with Crippen molar-refractivity contribution in [3.8, 4) is 0 Å². The first kappa shape index (κ1) is 19.8. The minimum absolute atomic E-state index is 0.0594. The number of hydrogen-bond acceptors (Lipinski definition) is 7. The molecule has 152 valence electrons. The largest absolute Gasteiger partial charge is 0.325 e. The molecule has 9 nitrogen and oxygen atoms in total. The van der Waals surface area contributed by atoms with Crippen LogP contribution in [0.2, 0.25) is 0 Å². The van der Waals surface area contributed by atoms with Crippen molar-refractivity contribution in [3.05, 3.63) is 58.6 Å². The highest BCUT2D eigenvalue weighted by atomic mass is 32.2. The number of nitro benzene ring substituents is 1. The summed E-state index contributed by atoms with van der Waals surface area (Å²) >= 11 is 1.17. The van der Waals surface area contributed by atoms with Crippen LogP contribution < -0.4 is 5.32 Å². The predicted octanol–water partition coefficient (Wildman–Crippen LogP) is 4.03. The van der Waals surface area contributed by atoms with Gasteiger partial charge in [0.2, 0.25) is 11.1 Å². The number of carbonyl (C=O) groups excluding carboxylic acids is 1. The zero-order valence-corrected chi connectivity index (χ0v) is 16.9. The first-order chi connectivity index (χ1) is 14.6. The van der Waals surface area contributed by atoms with E-state index in [2.05, 4.69) is 32.0 Å². The van der Waals surface area contributed by atoms with Gasteiger partial charge in [-0.15, -0.1) is 10.2 Å². The molecule has 0 fully saturated rings. The van der Waals surface area contributed by atoms with Gasteiger partial charge in [-0.25, -0.2) is 4.98 Å². The van der Waals surface area contributed by atoms with Gasteiger partial charge in [-0.3, -0.25) is 14.9 Å². The number of hydrogen-bond donors (Lipinski definition) is 1. The number of aromatic nitrogens is 4. The summed E-state index contributed by atoms with van der Waals surface area (Å²) < 4.78 is 2.12. The molecule has 10 heteroatoms. The number of para-hydroxylation sites is 1. The van der Waals surface area contributed by atoms with Crippen LogP contribution >= 0.6 is 11.8 Å². The molecule has 0 saturated heterocycles. The Morgan fingerprint density at radius 3 is 2.83 bits per heavy atom. The summed E-state index contributed by atoms with van der Waals surface area (Å²) in [4.78, 5) is 27.2. The van der Waals surface area contributed by atoms with Crippen molar-refractivity contribution in [1.82, 2.24) is 19.7 Å². The van der Waals surface area contributed by atoms with E-state index >= 15 is 0 Å². The predicted molar refractivity (Wildman–Crippen MR) is 116 cm³/mol. The molecule has 2 heterocycles. The molecule has 2 aromatic carbocycles. The summed E-state index contributed by atoms with van der Waals surface area (Å²) in [5, 5.41) is 23.4. The van der Waals surface area contributed by atoms with Gasteiger partial charge in [0.25, 0.3) is 5.69 Å². The number of nitro groups is 1. The molecular formula is C20H18N6O3S. The zero-order chi connectivity index (χ0) is 21.1. The van der Waals surface area contributed by atoms with Gasteiger partial charge in [-0.1, -0.05) is 43.0 Å². The van der Waals surface area contributed by atoms with Gasteiger partial charge in [0.1, 0.15) is 5.52 Å². The summed E-state index contributed by atoms with van der Waals surface area (Å²) in [6.07, 6.45) is 0.950. The zero-order valence-electron chi connectivity index (χ0n) is 16.1. The minimum Gasteiger partial charge on any atom is -0.325 e. The van der Waals surface area contributed by atoms with Gasteiger partial charge in [0.15, 0.2) is 5.65 Å². The maximum absolute atomic E-state index is 12.3. The maximum atomic E-state index is 12.3. The molecule has 0 aliphatic carbocycles. The van der Waals surface area contributed by atoms with E-state index in [0.717, 1.165) is 35.0 Å². The van der Waals surface area contributed by atoms with E-state index in [-0.39, 0.29) is 17.3 Å². The summed E-state index contributed by atoms with van der Waals surface area (Å²) in [5.41, 5.74) is 2.83. The topological polar surface area (TPSA) is 116 Å². The lowest BCUT2D eigenvalue weighted by molar-refractivity contribution is -0.384. The molecule has 0 saturated carbocycles. The Morgan fingerprint density at radius 1 is 1.20 bits per heavy atom. The van der Waals surface area contributed by atoms with Crippen molar-refractivity contribution in [2.24, 2.45) is 0 Å². The van der Waals surface area contributed by atoms with Crippen LogP contribution in [0.1, 0.15) is 13.3 Å². The first-order valence-electron chi connectivity index (χ1n) is 9.35. The molecule has 1 N–H and O–H groups in total. The third kappa shape index (κ3) is 3.94. The van der Waals surface area contributed by atoms with E-state index in [1.807, 2.05) is 24.3 Å². The van der Waals surface area contributed by atoms with Gasteiger partial charge in [-0.05, 0) is 18.6 Å². The second kappa shape index (κ2) is 8.46. The fraction of sp³-hybridized carbons (Fsp3) is 0.200. The lowest BCUT2D eigenvalue weighted by Gasteiger charge is -2.06. The van der Waals surface area contributed by atoms with E-state index in [4.69, 9.17) is 0 Å². The van der Waals surface area contributed by atoms with E-state index in [1.165, 1.54) is 30.0 Å². The Kier molecular flexibility index (Phi) is 5.57. The molecule has 4 aromatic rings. The molecule has 1 amide bonds. The minimum atomic E-state index is -0.505. The molecular weight excluding hydrogens is 404 g/mol. The molecule has 2 aromatic heterocycles. The molecule has 4 rings (SSSR count). The second-order valence-electron chi connectivity index (χ2n) is 6.58. The van der Waals surface area contributed by atoms with Crippen molar-refractivity contribution in [2.75, 3.05) is 11.1 Å². The van der Waals surface area contributed by atoms with Crippen LogP contribution in [0.25, 0.3) is 22.1 Å². The number of rotatable bonds is 7. The van der Waals surface area contributed by atoms with Crippen molar-refractivity contribution in [3.63, 3.8) is 0 Å².